The van der Waals surface area contributed by atoms with E-state index in [2.05, 4.69) is 15.9 Å². The molecule has 0 aromatic heterocycles. The Bertz CT molecular complexity index is 426. The van der Waals surface area contributed by atoms with Crippen LogP contribution in [0.1, 0.15) is 31.2 Å². The lowest BCUT2D eigenvalue weighted by atomic mass is 9.68. The predicted molar refractivity (Wildman–Crippen MR) is 73.8 cm³/mol. The Hall–Kier alpha value is -0.450. The molecule has 1 aliphatic rings. The summed E-state index contributed by atoms with van der Waals surface area (Å²) in [7, 11) is 0. The summed E-state index contributed by atoms with van der Waals surface area (Å²) < 4.78 is 14.6. The Balaban J connectivity index is 2.24. The first kappa shape index (κ1) is 14.0. The number of aliphatic hydroxyl groups is 1. The third kappa shape index (κ3) is 2.76. The van der Waals surface area contributed by atoms with Gasteiger partial charge in [-0.1, -0.05) is 34.8 Å². The first-order valence-electron chi connectivity index (χ1n) is 6.39. The zero-order valence-electron chi connectivity index (χ0n) is 10.3. The van der Waals surface area contributed by atoms with E-state index in [-0.39, 0.29) is 11.2 Å². The minimum atomic E-state index is -0.417. The summed E-state index contributed by atoms with van der Waals surface area (Å²) in [5.74, 6) is -0.227. The lowest BCUT2D eigenvalue weighted by Crippen LogP contribution is -2.45. The van der Waals surface area contributed by atoms with E-state index in [0.717, 1.165) is 30.2 Å². The number of hydrogen-bond donors (Lipinski definition) is 2. The molecule has 2 rings (SSSR count). The summed E-state index contributed by atoms with van der Waals surface area (Å²) in [6.07, 6.45) is 3.84. The van der Waals surface area contributed by atoms with E-state index in [1.54, 1.807) is 6.07 Å². The van der Waals surface area contributed by atoms with Crippen LogP contribution in [0.3, 0.4) is 0 Å². The molecule has 1 fully saturated rings. The Kier molecular flexibility index (Phi) is 4.41. The van der Waals surface area contributed by atoms with Gasteiger partial charge in [-0.25, -0.2) is 4.39 Å². The van der Waals surface area contributed by atoms with Gasteiger partial charge in [-0.15, -0.1) is 0 Å². The average molecular weight is 316 g/mol. The van der Waals surface area contributed by atoms with Gasteiger partial charge in [-0.2, -0.15) is 0 Å². The van der Waals surface area contributed by atoms with Crippen molar-refractivity contribution in [2.75, 3.05) is 6.54 Å². The molecule has 1 saturated carbocycles. The van der Waals surface area contributed by atoms with Crippen LogP contribution >= 0.6 is 15.9 Å². The first-order valence-corrected chi connectivity index (χ1v) is 7.19. The van der Waals surface area contributed by atoms with Crippen LogP contribution in [0.25, 0.3) is 0 Å². The van der Waals surface area contributed by atoms with Gasteiger partial charge in [-0.05, 0) is 37.0 Å². The van der Waals surface area contributed by atoms with Gasteiger partial charge in [0.15, 0.2) is 0 Å². The van der Waals surface area contributed by atoms with Crippen LogP contribution in [0.5, 0.6) is 0 Å². The molecule has 0 bridgehead atoms. The summed E-state index contributed by atoms with van der Waals surface area (Å²) in [6, 6.07) is 5.07. The van der Waals surface area contributed by atoms with Gasteiger partial charge >= 0.3 is 0 Å². The fourth-order valence-electron chi connectivity index (χ4n) is 2.85. The molecular weight excluding hydrogens is 297 g/mol. The molecule has 1 aromatic carbocycles. The molecule has 2 unspecified atom stereocenters. The highest BCUT2D eigenvalue weighted by atomic mass is 79.9. The summed E-state index contributed by atoms with van der Waals surface area (Å²) in [5.41, 5.74) is 6.15. The van der Waals surface area contributed by atoms with E-state index in [1.807, 2.05) is 6.07 Å². The van der Waals surface area contributed by atoms with Crippen LogP contribution in [0.2, 0.25) is 0 Å². The minimum Gasteiger partial charge on any atom is -0.392 e. The fourth-order valence-corrected chi connectivity index (χ4v) is 3.18. The van der Waals surface area contributed by atoms with Crippen LogP contribution in [0.4, 0.5) is 4.39 Å². The second-order valence-electron chi connectivity index (χ2n) is 5.24. The predicted octanol–water partition coefficient (Wildman–Crippen LogP) is 3.01. The maximum absolute atomic E-state index is 13.9. The van der Waals surface area contributed by atoms with E-state index in [9.17, 15) is 9.50 Å². The van der Waals surface area contributed by atoms with Crippen LogP contribution in [0.15, 0.2) is 22.7 Å². The largest absolute Gasteiger partial charge is 0.392 e. The lowest BCUT2D eigenvalue weighted by Gasteiger charge is -2.41. The van der Waals surface area contributed by atoms with E-state index in [4.69, 9.17) is 5.73 Å². The number of nitrogens with two attached hydrogens (primary N) is 1. The summed E-state index contributed by atoms with van der Waals surface area (Å²) in [4.78, 5) is 0. The van der Waals surface area contributed by atoms with Crippen molar-refractivity contribution >= 4 is 15.9 Å². The maximum atomic E-state index is 13.9. The Morgan fingerprint density at radius 3 is 2.83 bits per heavy atom. The normalized spacial score (nSPS) is 28.3. The molecular formula is C14H19BrFNO. The molecule has 2 atom stereocenters. The molecule has 18 heavy (non-hydrogen) atoms. The van der Waals surface area contributed by atoms with Crippen molar-refractivity contribution in [3.63, 3.8) is 0 Å². The Morgan fingerprint density at radius 2 is 2.22 bits per heavy atom. The van der Waals surface area contributed by atoms with Gasteiger partial charge < -0.3 is 10.8 Å². The minimum absolute atomic E-state index is 0.227. The molecule has 4 heteroatoms. The summed E-state index contributed by atoms with van der Waals surface area (Å²) in [5, 5.41) is 10.2. The maximum Gasteiger partial charge on any atom is 0.127 e. The zero-order valence-corrected chi connectivity index (χ0v) is 11.9. The van der Waals surface area contributed by atoms with E-state index in [0.29, 0.717) is 18.5 Å². The molecule has 0 amide bonds. The van der Waals surface area contributed by atoms with Crippen LogP contribution in [-0.4, -0.2) is 17.8 Å². The fraction of sp³-hybridized carbons (Fsp3) is 0.571. The topological polar surface area (TPSA) is 46.2 Å². The second kappa shape index (κ2) is 5.68. The van der Waals surface area contributed by atoms with Crippen molar-refractivity contribution in [2.24, 2.45) is 11.1 Å². The van der Waals surface area contributed by atoms with Crippen molar-refractivity contribution in [1.29, 1.82) is 0 Å². The van der Waals surface area contributed by atoms with Gasteiger partial charge in [-0.3, -0.25) is 0 Å². The first-order chi connectivity index (χ1) is 8.57. The molecule has 1 aromatic rings. The molecule has 0 heterocycles. The Labute approximate surface area is 116 Å². The summed E-state index contributed by atoms with van der Waals surface area (Å²) >= 11 is 3.25. The SMILES string of the molecule is NCC1(Cc2ccc(Br)cc2F)CCCCC1O. The molecule has 0 radical (unpaired) electrons. The molecule has 0 saturated heterocycles. The zero-order chi connectivity index (χ0) is 13.2. The van der Waals surface area contributed by atoms with Crippen molar-refractivity contribution in [3.05, 3.63) is 34.1 Å². The van der Waals surface area contributed by atoms with Crippen molar-refractivity contribution in [2.45, 2.75) is 38.2 Å². The van der Waals surface area contributed by atoms with Gasteiger partial charge in [0.25, 0.3) is 0 Å². The highest BCUT2D eigenvalue weighted by Crippen LogP contribution is 2.39. The van der Waals surface area contributed by atoms with E-state index < -0.39 is 6.10 Å². The number of halogens is 2. The van der Waals surface area contributed by atoms with Gasteiger partial charge in [0.1, 0.15) is 5.82 Å². The van der Waals surface area contributed by atoms with Crippen molar-refractivity contribution in [1.82, 2.24) is 0 Å². The summed E-state index contributed by atoms with van der Waals surface area (Å²) in [6.45, 7) is 0.406. The number of hydrogen-bond acceptors (Lipinski definition) is 2. The third-order valence-electron chi connectivity index (χ3n) is 4.07. The number of rotatable bonds is 3. The molecule has 2 nitrogen and oxygen atoms in total. The second-order valence-corrected chi connectivity index (χ2v) is 6.16. The molecule has 0 aliphatic heterocycles. The van der Waals surface area contributed by atoms with Crippen LogP contribution < -0.4 is 5.73 Å². The van der Waals surface area contributed by atoms with Gasteiger partial charge in [0, 0.05) is 16.4 Å². The van der Waals surface area contributed by atoms with Crippen molar-refractivity contribution in [3.8, 4) is 0 Å². The van der Waals surface area contributed by atoms with E-state index >= 15 is 0 Å². The Morgan fingerprint density at radius 1 is 1.44 bits per heavy atom. The number of benzene rings is 1. The van der Waals surface area contributed by atoms with Crippen LogP contribution in [0, 0.1) is 11.2 Å². The average Bonchev–Trinajstić information content (AvgIpc) is 2.35. The van der Waals surface area contributed by atoms with Crippen LogP contribution in [-0.2, 0) is 6.42 Å². The molecule has 1 aliphatic carbocycles. The van der Waals surface area contributed by atoms with Gasteiger partial charge in [0.05, 0.1) is 6.10 Å². The molecule has 3 N–H and O–H groups in total. The molecule has 100 valence electrons. The quantitative estimate of drug-likeness (QED) is 0.900. The third-order valence-corrected chi connectivity index (χ3v) is 4.57. The standard InChI is InChI=1S/C14H19BrFNO/c15-11-5-4-10(12(16)7-11)8-14(9-17)6-2-1-3-13(14)18/h4-5,7,13,18H,1-3,6,8-9,17H2. The monoisotopic (exact) mass is 315 g/mol. The highest BCUT2D eigenvalue weighted by molar-refractivity contribution is 9.10. The highest BCUT2D eigenvalue weighted by Gasteiger charge is 2.39. The lowest BCUT2D eigenvalue weighted by molar-refractivity contribution is -0.00631. The number of aliphatic hydroxyl groups excluding tert-OH is 1. The molecule has 0 spiro atoms. The van der Waals surface area contributed by atoms with Crippen molar-refractivity contribution < 1.29 is 9.50 Å². The smallest absolute Gasteiger partial charge is 0.127 e. The van der Waals surface area contributed by atoms with E-state index in [1.165, 1.54) is 6.07 Å². The van der Waals surface area contributed by atoms with Gasteiger partial charge in [0.2, 0.25) is 0 Å².